The first kappa shape index (κ1) is 10.7. The normalized spacial score (nSPS) is 9.86. The maximum atomic E-state index is 5.32. The van der Waals surface area contributed by atoms with Crippen LogP contribution in [0.5, 0.6) is 11.8 Å². The number of nitrogens with one attached hydrogen (secondary N) is 1. The Hall–Kier alpha value is -1.36. The summed E-state index contributed by atoms with van der Waals surface area (Å²) in [7, 11) is 1.87. The fourth-order valence-electron chi connectivity index (χ4n) is 0.876. The summed E-state index contributed by atoms with van der Waals surface area (Å²) in [4.78, 5) is 8.05. The fourth-order valence-corrected chi connectivity index (χ4v) is 0.876. The molecular weight excluding hydrogens is 182 g/mol. The minimum absolute atomic E-state index is 0.492. The molecule has 1 N–H and O–H groups in total. The molecule has 0 fully saturated rings. The van der Waals surface area contributed by atoms with Crippen LogP contribution in [0.15, 0.2) is 12.4 Å². The van der Waals surface area contributed by atoms with Crippen molar-refractivity contribution in [2.24, 2.45) is 0 Å². The third-order valence-corrected chi connectivity index (χ3v) is 1.48. The van der Waals surface area contributed by atoms with Gasteiger partial charge in [0.15, 0.2) is 0 Å². The van der Waals surface area contributed by atoms with Crippen molar-refractivity contribution in [2.45, 2.75) is 6.92 Å². The molecule has 0 aliphatic rings. The number of likely N-dealkylation sites (N-methyl/N-ethyl adjacent to an activating group) is 1. The van der Waals surface area contributed by atoms with E-state index >= 15 is 0 Å². The van der Waals surface area contributed by atoms with Gasteiger partial charge in [0.25, 0.3) is 0 Å². The average Bonchev–Trinajstić information content (AvgIpc) is 2.19. The number of rotatable bonds is 6. The summed E-state index contributed by atoms with van der Waals surface area (Å²) in [5, 5.41) is 2.97. The zero-order valence-corrected chi connectivity index (χ0v) is 8.49. The van der Waals surface area contributed by atoms with Gasteiger partial charge in [0.1, 0.15) is 6.61 Å². The van der Waals surface area contributed by atoms with Gasteiger partial charge in [-0.05, 0) is 14.0 Å². The Balaban J connectivity index is 2.46. The second-order valence-corrected chi connectivity index (χ2v) is 2.58. The molecule has 1 aromatic heterocycles. The first-order valence-electron chi connectivity index (χ1n) is 4.59. The lowest BCUT2D eigenvalue weighted by Gasteiger charge is -2.05. The Morgan fingerprint density at radius 2 is 2.00 bits per heavy atom. The van der Waals surface area contributed by atoms with Crippen molar-refractivity contribution in [1.29, 1.82) is 0 Å². The van der Waals surface area contributed by atoms with Gasteiger partial charge >= 0.3 is 0 Å². The van der Waals surface area contributed by atoms with E-state index in [4.69, 9.17) is 9.47 Å². The van der Waals surface area contributed by atoms with Crippen molar-refractivity contribution in [2.75, 3.05) is 26.8 Å². The zero-order chi connectivity index (χ0) is 10.2. The summed E-state index contributed by atoms with van der Waals surface area (Å²) in [6.45, 7) is 3.83. The van der Waals surface area contributed by atoms with Crippen LogP contribution in [0.3, 0.4) is 0 Å². The van der Waals surface area contributed by atoms with E-state index in [1.165, 1.54) is 0 Å². The first-order chi connectivity index (χ1) is 6.86. The predicted molar refractivity (Wildman–Crippen MR) is 52.6 cm³/mol. The van der Waals surface area contributed by atoms with E-state index in [9.17, 15) is 0 Å². The van der Waals surface area contributed by atoms with Gasteiger partial charge in [-0.25, -0.2) is 0 Å². The molecule has 0 amide bonds. The molecule has 78 valence electrons. The molecule has 0 radical (unpaired) electrons. The van der Waals surface area contributed by atoms with Gasteiger partial charge in [-0.15, -0.1) is 0 Å². The number of hydrogen-bond donors (Lipinski definition) is 1. The van der Waals surface area contributed by atoms with Crippen LogP contribution in [0.25, 0.3) is 0 Å². The fraction of sp³-hybridized carbons (Fsp3) is 0.556. The highest BCUT2D eigenvalue weighted by Crippen LogP contribution is 2.10. The molecule has 1 rings (SSSR count). The van der Waals surface area contributed by atoms with Crippen LogP contribution in [0.2, 0.25) is 0 Å². The minimum Gasteiger partial charge on any atom is -0.477 e. The van der Waals surface area contributed by atoms with E-state index < -0.39 is 0 Å². The van der Waals surface area contributed by atoms with Crippen LogP contribution >= 0.6 is 0 Å². The highest BCUT2D eigenvalue weighted by atomic mass is 16.5. The standard InChI is InChI=1S/C9H15N3O2/c1-3-13-8-6-11-7-9(12-8)14-5-4-10-2/h6-7,10H,3-5H2,1-2H3. The Labute approximate surface area is 83.5 Å². The third kappa shape index (κ3) is 3.57. The highest BCUT2D eigenvalue weighted by Gasteiger charge is 1.98. The summed E-state index contributed by atoms with van der Waals surface area (Å²) in [6, 6.07) is 0. The van der Waals surface area contributed by atoms with Gasteiger partial charge in [0.05, 0.1) is 19.0 Å². The molecule has 0 aliphatic carbocycles. The average molecular weight is 197 g/mol. The number of ether oxygens (including phenoxy) is 2. The lowest BCUT2D eigenvalue weighted by molar-refractivity contribution is 0.286. The van der Waals surface area contributed by atoms with E-state index in [0.29, 0.717) is 25.0 Å². The van der Waals surface area contributed by atoms with E-state index in [-0.39, 0.29) is 0 Å². The molecule has 0 bridgehead atoms. The molecule has 0 unspecified atom stereocenters. The number of nitrogens with zero attached hydrogens (tertiary/aromatic N) is 2. The molecule has 0 atom stereocenters. The Morgan fingerprint density at radius 1 is 1.29 bits per heavy atom. The molecule has 14 heavy (non-hydrogen) atoms. The topological polar surface area (TPSA) is 56.3 Å². The SMILES string of the molecule is CCOc1cncc(OCCNC)n1. The van der Waals surface area contributed by atoms with Crippen molar-refractivity contribution in [1.82, 2.24) is 15.3 Å². The molecule has 5 heteroatoms. The maximum absolute atomic E-state index is 5.32. The summed E-state index contributed by atoms with van der Waals surface area (Å²) >= 11 is 0. The highest BCUT2D eigenvalue weighted by molar-refractivity contribution is 5.12. The molecule has 1 aromatic rings. The summed E-state index contributed by atoms with van der Waals surface area (Å²) < 4.78 is 10.5. The molecule has 0 aromatic carbocycles. The third-order valence-electron chi connectivity index (χ3n) is 1.48. The van der Waals surface area contributed by atoms with Crippen LogP contribution in [-0.2, 0) is 0 Å². The van der Waals surface area contributed by atoms with Gasteiger partial charge in [-0.2, -0.15) is 4.98 Å². The Bertz CT molecular complexity index is 268. The van der Waals surface area contributed by atoms with E-state index in [0.717, 1.165) is 6.54 Å². The van der Waals surface area contributed by atoms with Gasteiger partial charge in [-0.3, -0.25) is 4.98 Å². The molecule has 0 spiro atoms. The summed E-state index contributed by atoms with van der Waals surface area (Å²) in [5.74, 6) is 0.987. The smallest absolute Gasteiger partial charge is 0.235 e. The van der Waals surface area contributed by atoms with Crippen molar-refractivity contribution in [3.8, 4) is 11.8 Å². The largest absolute Gasteiger partial charge is 0.477 e. The summed E-state index contributed by atoms with van der Waals surface area (Å²) in [6.07, 6.45) is 3.13. The van der Waals surface area contributed by atoms with Gasteiger partial charge < -0.3 is 14.8 Å². The molecule has 5 nitrogen and oxygen atoms in total. The van der Waals surface area contributed by atoms with Crippen LogP contribution in [0.4, 0.5) is 0 Å². The zero-order valence-electron chi connectivity index (χ0n) is 8.49. The second-order valence-electron chi connectivity index (χ2n) is 2.58. The number of hydrogen-bond acceptors (Lipinski definition) is 5. The minimum atomic E-state index is 0.492. The molecule has 0 saturated heterocycles. The number of aromatic nitrogens is 2. The van der Waals surface area contributed by atoms with Gasteiger partial charge in [0.2, 0.25) is 11.8 Å². The van der Waals surface area contributed by atoms with Gasteiger partial charge in [-0.1, -0.05) is 0 Å². The van der Waals surface area contributed by atoms with Crippen molar-refractivity contribution in [3.63, 3.8) is 0 Å². The van der Waals surface area contributed by atoms with E-state index in [1.807, 2.05) is 14.0 Å². The quantitative estimate of drug-likeness (QED) is 0.672. The lowest BCUT2D eigenvalue weighted by Crippen LogP contribution is -2.16. The Kier molecular flexibility index (Phi) is 4.71. The van der Waals surface area contributed by atoms with Crippen LogP contribution in [0.1, 0.15) is 6.92 Å². The van der Waals surface area contributed by atoms with Crippen LogP contribution < -0.4 is 14.8 Å². The Morgan fingerprint density at radius 3 is 2.64 bits per heavy atom. The monoisotopic (exact) mass is 197 g/mol. The molecule has 0 saturated carbocycles. The second kappa shape index (κ2) is 6.15. The van der Waals surface area contributed by atoms with Gasteiger partial charge in [0, 0.05) is 6.54 Å². The van der Waals surface area contributed by atoms with E-state index in [1.54, 1.807) is 12.4 Å². The van der Waals surface area contributed by atoms with Crippen molar-refractivity contribution >= 4 is 0 Å². The maximum Gasteiger partial charge on any atom is 0.235 e. The van der Waals surface area contributed by atoms with Crippen molar-refractivity contribution < 1.29 is 9.47 Å². The molecule has 1 heterocycles. The van der Waals surface area contributed by atoms with Crippen LogP contribution in [0, 0.1) is 0 Å². The molecule has 0 aliphatic heterocycles. The van der Waals surface area contributed by atoms with E-state index in [2.05, 4.69) is 15.3 Å². The van der Waals surface area contributed by atoms with Crippen LogP contribution in [-0.4, -0.2) is 36.8 Å². The first-order valence-corrected chi connectivity index (χ1v) is 4.59. The summed E-state index contributed by atoms with van der Waals surface area (Å²) in [5.41, 5.74) is 0. The lowest BCUT2D eigenvalue weighted by atomic mass is 10.6. The predicted octanol–water partition coefficient (Wildman–Crippen LogP) is 0.473. The molecular formula is C9H15N3O2. The van der Waals surface area contributed by atoms with Crippen molar-refractivity contribution in [3.05, 3.63) is 12.4 Å².